The molecule has 1 aromatic rings. The van der Waals surface area contributed by atoms with E-state index in [9.17, 15) is 4.39 Å². The summed E-state index contributed by atoms with van der Waals surface area (Å²) in [5, 5.41) is 3.51. The molecule has 1 unspecified atom stereocenters. The second-order valence-corrected chi connectivity index (χ2v) is 2.76. The summed E-state index contributed by atoms with van der Waals surface area (Å²) in [5.41, 5.74) is 5.89. The summed E-state index contributed by atoms with van der Waals surface area (Å²) < 4.78 is 17.9. The summed E-state index contributed by atoms with van der Waals surface area (Å²) >= 11 is 0. The predicted molar refractivity (Wildman–Crippen MR) is 37.7 cm³/mol. The normalized spacial score (nSPS) is 23.2. The van der Waals surface area contributed by atoms with E-state index >= 15 is 0 Å². The number of hydrogen-bond donors (Lipinski definition) is 1. The van der Waals surface area contributed by atoms with Gasteiger partial charge in [-0.25, -0.2) is 4.39 Å². The van der Waals surface area contributed by atoms with Crippen LogP contribution in [-0.2, 0) is 6.42 Å². The molecule has 2 N–H and O–H groups in total. The van der Waals surface area contributed by atoms with Gasteiger partial charge < -0.3 is 10.3 Å². The van der Waals surface area contributed by atoms with Crippen LogP contribution in [0.25, 0.3) is 0 Å². The van der Waals surface area contributed by atoms with E-state index in [2.05, 4.69) is 5.16 Å². The monoisotopic (exact) mass is 156 g/mol. The van der Waals surface area contributed by atoms with Crippen LogP contribution in [0.4, 0.5) is 10.2 Å². The molecule has 0 amide bonds. The van der Waals surface area contributed by atoms with Gasteiger partial charge in [-0.1, -0.05) is 5.16 Å². The predicted octanol–water partition coefficient (Wildman–Crippen LogP) is 1.60. The van der Waals surface area contributed by atoms with E-state index in [1.54, 1.807) is 0 Å². The summed E-state index contributed by atoms with van der Waals surface area (Å²) in [4.78, 5) is 0. The zero-order valence-corrected chi connectivity index (χ0v) is 6.01. The van der Waals surface area contributed by atoms with Crippen molar-refractivity contribution in [1.29, 1.82) is 0 Å². The lowest BCUT2D eigenvalue weighted by molar-refractivity contribution is 0.282. The number of alkyl halides is 1. The topological polar surface area (TPSA) is 52.0 Å². The summed E-state index contributed by atoms with van der Waals surface area (Å²) in [7, 11) is 0. The van der Waals surface area contributed by atoms with Crippen LogP contribution in [0, 0.1) is 0 Å². The number of nitrogens with zero attached hydrogens (tertiary/aromatic N) is 1. The van der Waals surface area contributed by atoms with Crippen molar-refractivity contribution < 1.29 is 8.91 Å². The van der Waals surface area contributed by atoms with Crippen LogP contribution in [0.2, 0.25) is 0 Å². The van der Waals surface area contributed by atoms with E-state index in [0.717, 1.165) is 12.8 Å². The molecule has 3 nitrogen and oxygen atoms in total. The molecule has 1 heterocycles. The van der Waals surface area contributed by atoms with E-state index in [-0.39, 0.29) is 5.82 Å². The fraction of sp³-hybridized carbons (Fsp3) is 0.571. The lowest BCUT2D eigenvalue weighted by Crippen LogP contribution is -2.05. The number of rotatable bonds is 0. The fourth-order valence-corrected chi connectivity index (χ4v) is 1.45. The first-order chi connectivity index (χ1) is 5.29. The maximum absolute atomic E-state index is 13.1. The van der Waals surface area contributed by atoms with Crippen LogP contribution >= 0.6 is 0 Å². The van der Waals surface area contributed by atoms with Crippen LogP contribution in [0.3, 0.4) is 0 Å². The molecule has 2 rings (SSSR count). The lowest BCUT2D eigenvalue weighted by atomic mass is 9.96. The second-order valence-electron chi connectivity index (χ2n) is 2.76. The van der Waals surface area contributed by atoms with Gasteiger partial charge in [0.05, 0.1) is 5.56 Å². The molecule has 0 aliphatic heterocycles. The van der Waals surface area contributed by atoms with Crippen LogP contribution < -0.4 is 5.73 Å². The number of halogens is 1. The Morgan fingerprint density at radius 2 is 2.45 bits per heavy atom. The maximum Gasteiger partial charge on any atom is 0.173 e. The highest BCUT2D eigenvalue weighted by atomic mass is 19.1. The first kappa shape index (κ1) is 6.64. The summed E-state index contributed by atoms with van der Waals surface area (Å²) in [6.07, 6.45) is 1.16. The summed E-state index contributed by atoms with van der Waals surface area (Å²) in [6, 6.07) is 0. The number of nitrogens with two attached hydrogens (primary N) is 1. The van der Waals surface area contributed by atoms with E-state index in [4.69, 9.17) is 10.3 Å². The number of hydrogen-bond acceptors (Lipinski definition) is 3. The number of nitrogen functional groups attached to an aromatic ring is 1. The minimum Gasteiger partial charge on any atom is -0.381 e. The first-order valence-electron chi connectivity index (χ1n) is 3.67. The Morgan fingerprint density at radius 1 is 1.64 bits per heavy atom. The van der Waals surface area contributed by atoms with Crippen LogP contribution in [0.15, 0.2) is 4.52 Å². The Labute approximate surface area is 63.4 Å². The molecule has 1 aromatic heterocycles. The van der Waals surface area contributed by atoms with Crippen molar-refractivity contribution in [2.75, 3.05) is 5.73 Å². The van der Waals surface area contributed by atoms with Crippen LogP contribution in [-0.4, -0.2) is 5.16 Å². The zero-order valence-electron chi connectivity index (χ0n) is 6.01. The quantitative estimate of drug-likeness (QED) is 0.620. The minimum absolute atomic E-state index is 0.215. The van der Waals surface area contributed by atoms with Gasteiger partial charge in [0, 0.05) is 6.42 Å². The van der Waals surface area contributed by atoms with Gasteiger partial charge in [0.15, 0.2) is 5.82 Å². The number of aryl methyl sites for hydroxylation is 1. The highest BCUT2D eigenvalue weighted by molar-refractivity contribution is 5.43. The molecule has 0 fully saturated rings. The molecule has 0 radical (unpaired) electrons. The molecule has 1 aliphatic carbocycles. The number of fused-ring (bicyclic) bond motifs is 1. The van der Waals surface area contributed by atoms with Crippen molar-refractivity contribution in [3.8, 4) is 0 Å². The average Bonchev–Trinajstić information content (AvgIpc) is 2.34. The standard InChI is InChI=1S/C7H9FN2O/c8-4-2-1-3-5-6(4)7(9)10-11-5/h4H,1-3H2,(H2,9,10). The summed E-state index contributed by atoms with van der Waals surface area (Å²) in [6.45, 7) is 0. The van der Waals surface area contributed by atoms with E-state index in [1.165, 1.54) is 0 Å². The molecule has 1 atom stereocenters. The molecular weight excluding hydrogens is 147 g/mol. The van der Waals surface area contributed by atoms with Crippen molar-refractivity contribution in [3.63, 3.8) is 0 Å². The third-order valence-corrected chi connectivity index (χ3v) is 2.01. The third kappa shape index (κ3) is 0.895. The Balaban J connectivity index is 2.48. The smallest absolute Gasteiger partial charge is 0.173 e. The highest BCUT2D eigenvalue weighted by Gasteiger charge is 2.26. The Kier molecular flexibility index (Phi) is 1.34. The molecular formula is C7H9FN2O. The summed E-state index contributed by atoms with van der Waals surface area (Å²) in [5.74, 6) is 0.841. The van der Waals surface area contributed by atoms with Crippen LogP contribution in [0.1, 0.15) is 30.3 Å². The van der Waals surface area contributed by atoms with E-state index in [0.29, 0.717) is 17.7 Å². The minimum atomic E-state index is -0.968. The SMILES string of the molecule is Nc1noc2c1C(F)CCC2. The van der Waals surface area contributed by atoms with Crippen molar-refractivity contribution >= 4 is 5.82 Å². The highest BCUT2D eigenvalue weighted by Crippen LogP contribution is 2.35. The van der Waals surface area contributed by atoms with Crippen molar-refractivity contribution in [2.45, 2.75) is 25.4 Å². The Bertz CT molecular complexity index is 271. The second kappa shape index (κ2) is 2.22. The molecule has 60 valence electrons. The Morgan fingerprint density at radius 3 is 3.18 bits per heavy atom. The van der Waals surface area contributed by atoms with Gasteiger partial charge in [-0.05, 0) is 12.8 Å². The van der Waals surface area contributed by atoms with E-state index in [1.807, 2.05) is 0 Å². The molecule has 1 aliphatic rings. The van der Waals surface area contributed by atoms with Crippen molar-refractivity contribution in [1.82, 2.24) is 5.16 Å². The van der Waals surface area contributed by atoms with Crippen LogP contribution in [0.5, 0.6) is 0 Å². The van der Waals surface area contributed by atoms with Gasteiger partial charge in [0.2, 0.25) is 0 Å². The zero-order chi connectivity index (χ0) is 7.84. The molecule has 0 saturated heterocycles. The Hall–Kier alpha value is -1.06. The van der Waals surface area contributed by atoms with Crippen molar-refractivity contribution in [2.24, 2.45) is 0 Å². The molecule has 0 bridgehead atoms. The lowest BCUT2D eigenvalue weighted by Gasteiger charge is -2.12. The van der Waals surface area contributed by atoms with Gasteiger partial charge in [0.1, 0.15) is 11.9 Å². The largest absolute Gasteiger partial charge is 0.381 e. The van der Waals surface area contributed by atoms with Gasteiger partial charge in [-0.2, -0.15) is 0 Å². The fourth-order valence-electron chi connectivity index (χ4n) is 1.45. The van der Waals surface area contributed by atoms with Gasteiger partial charge >= 0.3 is 0 Å². The molecule has 0 spiro atoms. The molecule has 11 heavy (non-hydrogen) atoms. The molecule has 0 saturated carbocycles. The number of aromatic nitrogens is 1. The average molecular weight is 156 g/mol. The molecule has 4 heteroatoms. The molecule has 0 aromatic carbocycles. The van der Waals surface area contributed by atoms with Gasteiger partial charge in [0.25, 0.3) is 0 Å². The first-order valence-corrected chi connectivity index (χ1v) is 3.67. The van der Waals surface area contributed by atoms with Crippen molar-refractivity contribution in [3.05, 3.63) is 11.3 Å². The third-order valence-electron chi connectivity index (χ3n) is 2.01. The van der Waals surface area contributed by atoms with Gasteiger partial charge in [-0.15, -0.1) is 0 Å². The van der Waals surface area contributed by atoms with Gasteiger partial charge in [-0.3, -0.25) is 0 Å². The number of anilines is 1. The van der Waals surface area contributed by atoms with E-state index < -0.39 is 6.17 Å². The maximum atomic E-state index is 13.1.